The van der Waals surface area contributed by atoms with Crippen LogP contribution in [0, 0.1) is 0 Å². The first kappa shape index (κ1) is 19.4. The molecular weight excluding hydrogens is 336 g/mol. The van der Waals surface area contributed by atoms with Gasteiger partial charge in [-0.25, -0.2) is 0 Å². The Morgan fingerprint density at radius 1 is 0.542 bits per heavy atom. The number of thioether (sulfide) groups is 2. The molecule has 0 aliphatic carbocycles. The maximum Gasteiger partial charge on any atom is 0.0717 e. The van der Waals surface area contributed by atoms with Crippen LogP contribution in [0.5, 0.6) is 0 Å². The smallest absolute Gasteiger partial charge is 0.0717 e. The standard InChI is InChI=1S/C20H26O2S2/c1-3-7-19(8-4-1)17-21-11-13-23-15-16-24-14-12-22-18-20-9-5-2-6-10-20/h1-10H,11-18H2. The summed E-state index contributed by atoms with van der Waals surface area (Å²) in [6, 6.07) is 20.7. The van der Waals surface area contributed by atoms with E-state index in [4.69, 9.17) is 9.47 Å². The van der Waals surface area contributed by atoms with Crippen molar-refractivity contribution in [3.05, 3.63) is 71.8 Å². The molecule has 130 valence electrons. The summed E-state index contributed by atoms with van der Waals surface area (Å²) in [6.07, 6.45) is 0. The zero-order chi connectivity index (χ0) is 16.7. The quantitative estimate of drug-likeness (QED) is 0.472. The monoisotopic (exact) mass is 362 g/mol. The summed E-state index contributed by atoms with van der Waals surface area (Å²) in [7, 11) is 0. The van der Waals surface area contributed by atoms with E-state index in [1.165, 1.54) is 22.6 Å². The Hall–Kier alpha value is -0.940. The molecule has 2 rings (SSSR count). The fraction of sp³-hybridized carbons (Fsp3) is 0.400. The highest BCUT2D eigenvalue weighted by Crippen LogP contribution is 2.08. The molecule has 0 heterocycles. The second-order valence-corrected chi connectivity index (χ2v) is 7.75. The number of hydrogen-bond donors (Lipinski definition) is 0. The highest BCUT2D eigenvalue weighted by atomic mass is 32.2. The summed E-state index contributed by atoms with van der Waals surface area (Å²) < 4.78 is 11.3. The van der Waals surface area contributed by atoms with Gasteiger partial charge >= 0.3 is 0 Å². The van der Waals surface area contributed by atoms with E-state index in [0.717, 1.165) is 37.9 Å². The first-order chi connectivity index (χ1) is 11.9. The lowest BCUT2D eigenvalue weighted by Gasteiger charge is -2.05. The molecule has 2 aromatic rings. The summed E-state index contributed by atoms with van der Waals surface area (Å²) in [4.78, 5) is 0. The van der Waals surface area contributed by atoms with Crippen LogP contribution in [-0.4, -0.2) is 36.2 Å². The van der Waals surface area contributed by atoms with Crippen LogP contribution in [0.25, 0.3) is 0 Å². The fourth-order valence-electron chi connectivity index (χ4n) is 2.09. The van der Waals surface area contributed by atoms with E-state index in [9.17, 15) is 0 Å². The van der Waals surface area contributed by atoms with Gasteiger partial charge in [0.05, 0.1) is 26.4 Å². The lowest BCUT2D eigenvalue weighted by atomic mass is 10.2. The lowest BCUT2D eigenvalue weighted by molar-refractivity contribution is 0.136. The van der Waals surface area contributed by atoms with Gasteiger partial charge in [0.2, 0.25) is 0 Å². The number of benzene rings is 2. The molecule has 0 spiro atoms. The van der Waals surface area contributed by atoms with Crippen molar-refractivity contribution in [2.75, 3.05) is 36.2 Å². The summed E-state index contributed by atoms with van der Waals surface area (Å²) in [6.45, 7) is 3.08. The summed E-state index contributed by atoms with van der Waals surface area (Å²) in [5.74, 6) is 4.49. The van der Waals surface area contributed by atoms with Gasteiger partial charge in [-0.1, -0.05) is 60.7 Å². The van der Waals surface area contributed by atoms with Crippen LogP contribution in [0.4, 0.5) is 0 Å². The van der Waals surface area contributed by atoms with E-state index in [1.807, 2.05) is 59.9 Å². The summed E-state index contributed by atoms with van der Waals surface area (Å²) in [5.41, 5.74) is 2.49. The second-order valence-electron chi connectivity index (χ2n) is 5.30. The van der Waals surface area contributed by atoms with Crippen molar-refractivity contribution < 1.29 is 9.47 Å². The van der Waals surface area contributed by atoms with Crippen molar-refractivity contribution in [3.63, 3.8) is 0 Å². The third-order valence-corrected chi connectivity index (χ3v) is 5.49. The van der Waals surface area contributed by atoms with Gasteiger partial charge in [-0.3, -0.25) is 0 Å². The average molecular weight is 363 g/mol. The predicted molar refractivity (Wildman–Crippen MR) is 107 cm³/mol. The third kappa shape index (κ3) is 9.38. The van der Waals surface area contributed by atoms with Crippen molar-refractivity contribution >= 4 is 23.5 Å². The average Bonchev–Trinajstić information content (AvgIpc) is 2.64. The topological polar surface area (TPSA) is 18.5 Å². The predicted octanol–water partition coefficient (Wildman–Crippen LogP) is 4.89. The highest BCUT2D eigenvalue weighted by Gasteiger charge is 1.95. The molecule has 0 saturated carbocycles. The van der Waals surface area contributed by atoms with Gasteiger partial charge in [-0.15, -0.1) is 0 Å². The number of hydrogen-bond acceptors (Lipinski definition) is 4. The molecule has 0 radical (unpaired) electrons. The molecular formula is C20H26O2S2. The summed E-state index contributed by atoms with van der Waals surface area (Å²) >= 11 is 3.92. The minimum Gasteiger partial charge on any atom is -0.376 e. The van der Waals surface area contributed by atoms with Crippen LogP contribution in [0.1, 0.15) is 11.1 Å². The van der Waals surface area contributed by atoms with Gasteiger partial charge in [-0.2, -0.15) is 23.5 Å². The first-order valence-electron chi connectivity index (χ1n) is 8.34. The molecule has 0 fully saturated rings. The van der Waals surface area contributed by atoms with Gasteiger partial charge in [0.15, 0.2) is 0 Å². The van der Waals surface area contributed by atoms with Gasteiger partial charge in [0.1, 0.15) is 0 Å². The molecule has 0 atom stereocenters. The lowest BCUT2D eigenvalue weighted by Crippen LogP contribution is -2.01. The zero-order valence-electron chi connectivity index (χ0n) is 14.1. The third-order valence-electron chi connectivity index (χ3n) is 3.34. The van der Waals surface area contributed by atoms with Crippen LogP contribution in [0.3, 0.4) is 0 Å². The molecule has 2 nitrogen and oxygen atoms in total. The zero-order valence-corrected chi connectivity index (χ0v) is 15.7. The van der Waals surface area contributed by atoms with E-state index >= 15 is 0 Å². The maximum absolute atomic E-state index is 5.67. The Morgan fingerprint density at radius 3 is 1.38 bits per heavy atom. The molecule has 0 aromatic heterocycles. The fourth-order valence-corrected chi connectivity index (χ4v) is 3.91. The van der Waals surface area contributed by atoms with E-state index < -0.39 is 0 Å². The molecule has 4 heteroatoms. The van der Waals surface area contributed by atoms with Gasteiger partial charge in [0.25, 0.3) is 0 Å². The first-order valence-corrected chi connectivity index (χ1v) is 10.6. The Kier molecular flexibility index (Phi) is 10.8. The molecule has 2 aromatic carbocycles. The SMILES string of the molecule is c1ccc(COCCSCCSCCOCc2ccccc2)cc1. The minimum atomic E-state index is 0.717. The van der Waals surface area contributed by atoms with Crippen molar-refractivity contribution in [1.29, 1.82) is 0 Å². The summed E-state index contributed by atoms with van der Waals surface area (Å²) in [5, 5.41) is 0. The normalized spacial score (nSPS) is 10.8. The molecule has 0 aliphatic heterocycles. The van der Waals surface area contributed by atoms with Crippen molar-refractivity contribution in [2.45, 2.75) is 13.2 Å². The number of ether oxygens (including phenoxy) is 2. The Labute approximate surface area is 154 Å². The van der Waals surface area contributed by atoms with Gasteiger partial charge in [-0.05, 0) is 11.1 Å². The van der Waals surface area contributed by atoms with Crippen LogP contribution in [0.15, 0.2) is 60.7 Å². The van der Waals surface area contributed by atoms with E-state index in [2.05, 4.69) is 24.3 Å². The van der Waals surface area contributed by atoms with Gasteiger partial charge < -0.3 is 9.47 Å². The van der Waals surface area contributed by atoms with Crippen molar-refractivity contribution in [1.82, 2.24) is 0 Å². The van der Waals surface area contributed by atoms with Crippen molar-refractivity contribution in [3.8, 4) is 0 Å². The molecule has 0 unspecified atom stereocenters. The molecule has 0 saturated heterocycles. The van der Waals surface area contributed by atoms with Crippen LogP contribution < -0.4 is 0 Å². The maximum atomic E-state index is 5.67. The van der Waals surface area contributed by atoms with E-state index in [0.29, 0.717) is 0 Å². The van der Waals surface area contributed by atoms with Crippen molar-refractivity contribution in [2.24, 2.45) is 0 Å². The molecule has 24 heavy (non-hydrogen) atoms. The largest absolute Gasteiger partial charge is 0.376 e. The minimum absolute atomic E-state index is 0.717. The van der Waals surface area contributed by atoms with Crippen LogP contribution >= 0.6 is 23.5 Å². The molecule has 0 aliphatic rings. The molecule has 0 N–H and O–H groups in total. The Balaban J connectivity index is 1.32. The van der Waals surface area contributed by atoms with Crippen LogP contribution in [-0.2, 0) is 22.7 Å². The van der Waals surface area contributed by atoms with E-state index in [-0.39, 0.29) is 0 Å². The molecule has 0 bridgehead atoms. The van der Waals surface area contributed by atoms with Gasteiger partial charge in [0, 0.05) is 23.0 Å². The Morgan fingerprint density at radius 2 is 0.958 bits per heavy atom. The highest BCUT2D eigenvalue weighted by molar-refractivity contribution is 8.02. The molecule has 0 amide bonds. The van der Waals surface area contributed by atoms with E-state index in [1.54, 1.807) is 0 Å². The Bertz CT molecular complexity index is 470. The second kappa shape index (κ2) is 13.4. The number of rotatable bonds is 13. The van der Waals surface area contributed by atoms with Crippen LogP contribution in [0.2, 0.25) is 0 Å².